The number of hydrogen-bond donors (Lipinski definition) is 3. The van der Waals surface area contributed by atoms with E-state index in [0.29, 0.717) is 28.0 Å². The standard InChI is InChI=1S/C16H16BrN5O3S/c1-2-25-14(23)10-7-18-15(24)19-12(10)8-26-16-20-13(21-22-16)9-5-3-4-6-11(9)17/h3-6H,2,7-8H2,1H3,(H2,18,19,24)(H,20,21,22). The molecule has 8 nitrogen and oxygen atoms in total. The zero-order valence-corrected chi connectivity index (χ0v) is 16.2. The number of nitrogens with zero attached hydrogens (tertiary/aromatic N) is 2. The minimum absolute atomic E-state index is 0.136. The van der Waals surface area contributed by atoms with Crippen molar-refractivity contribution in [2.24, 2.45) is 0 Å². The molecule has 2 heterocycles. The smallest absolute Gasteiger partial charge is 0.337 e. The second-order valence-electron chi connectivity index (χ2n) is 5.22. The van der Waals surface area contributed by atoms with Crippen LogP contribution in [0, 0.1) is 0 Å². The van der Waals surface area contributed by atoms with Crippen LogP contribution in [0.4, 0.5) is 4.79 Å². The number of halogens is 1. The zero-order chi connectivity index (χ0) is 18.5. The fraction of sp³-hybridized carbons (Fsp3) is 0.250. The highest BCUT2D eigenvalue weighted by atomic mass is 79.9. The van der Waals surface area contributed by atoms with E-state index in [1.165, 1.54) is 11.8 Å². The molecule has 1 aromatic heterocycles. The molecule has 2 aromatic rings. The Kier molecular flexibility index (Phi) is 5.94. The van der Waals surface area contributed by atoms with Crippen LogP contribution in [-0.4, -0.2) is 46.1 Å². The van der Waals surface area contributed by atoms with Gasteiger partial charge in [-0.05, 0) is 13.0 Å². The monoisotopic (exact) mass is 437 g/mol. The molecule has 1 aliphatic heterocycles. The highest BCUT2D eigenvalue weighted by Crippen LogP contribution is 2.27. The molecule has 3 N–H and O–H groups in total. The summed E-state index contributed by atoms with van der Waals surface area (Å²) in [6.45, 7) is 2.14. The number of hydrogen-bond acceptors (Lipinski definition) is 6. The molecule has 10 heteroatoms. The molecular weight excluding hydrogens is 422 g/mol. The molecule has 0 unspecified atom stereocenters. The van der Waals surface area contributed by atoms with E-state index in [0.717, 1.165) is 10.0 Å². The number of ether oxygens (including phenoxy) is 1. The molecule has 1 aliphatic rings. The Morgan fingerprint density at radius 3 is 2.96 bits per heavy atom. The molecule has 0 bridgehead atoms. The van der Waals surface area contributed by atoms with E-state index in [1.807, 2.05) is 24.3 Å². The van der Waals surface area contributed by atoms with Crippen molar-refractivity contribution in [1.82, 2.24) is 25.8 Å². The minimum atomic E-state index is -0.445. The van der Waals surface area contributed by atoms with Gasteiger partial charge >= 0.3 is 12.0 Å². The van der Waals surface area contributed by atoms with Crippen LogP contribution in [-0.2, 0) is 9.53 Å². The molecule has 0 radical (unpaired) electrons. The fourth-order valence-corrected chi connectivity index (χ4v) is 3.55. The molecule has 26 heavy (non-hydrogen) atoms. The molecule has 3 rings (SSSR count). The Labute approximate surface area is 162 Å². The van der Waals surface area contributed by atoms with Crippen molar-refractivity contribution in [2.75, 3.05) is 18.9 Å². The van der Waals surface area contributed by atoms with Crippen molar-refractivity contribution < 1.29 is 14.3 Å². The molecule has 1 aromatic carbocycles. The maximum absolute atomic E-state index is 12.0. The van der Waals surface area contributed by atoms with Crippen LogP contribution in [0.25, 0.3) is 11.4 Å². The van der Waals surface area contributed by atoms with Crippen molar-refractivity contribution in [2.45, 2.75) is 12.1 Å². The van der Waals surface area contributed by atoms with Gasteiger partial charge in [-0.25, -0.2) is 14.6 Å². The lowest BCUT2D eigenvalue weighted by atomic mass is 10.2. The first-order valence-corrected chi connectivity index (χ1v) is 9.60. The first kappa shape index (κ1) is 18.5. The number of rotatable bonds is 6. The topological polar surface area (TPSA) is 109 Å². The Morgan fingerprint density at radius 1 is 1.38 bits per heavy atom. The second kappa shape index (κ2) is 8.37. The molecular formula is C16H16BrN5O3S. The third-order valence-corrected chi connectivity index (χ3v) is 5.08. The fourth-order valence-electron chi connectivity index (χ4n) is 2.29. The summed E-state index contributed by atoms with van der Waals surface area (Å²) >= 11 is 4.79. The van der Waals surface area contributed by atoms with Gasteiger partial charge in [0.2, 0.25) is 5.16 Å². The molecule has 0 aliphatic carbocycles. The summed E-state index contributed by atoms with van der Waals surface area (Å²) in [5.74, 6) is 0.530. The van der Waals surface area contributed by atoms with Gasteiger partial charge in [0.05, 0.1) is 18.7 Å². The second-order valence-corrected chi connectivity index (χ2v) is 7.02. The van der Waals surface area contributed by atoms with E-state index < -0.39 is 5.97 Å². The van der Waals surface area contributed by atoms with E-state index in [2.05, 4.69) is 41.7 Å². The van der Waals surface area contributed by atoms with Crippen LogP contribution >= 0.6 is 27.7 Å². The molecule has 136 valence electrons. The Morgan fingerprint density at radius 2 is 2.19 bits per heavy atom. The van der Waals surface area contributed by atoms with E-state index in [9.17, 15) is 9.59 Å². The molecule has 0 saturated heterocycles. The number of amides is 2. The van der Waals surface area contributed by atoms with E-state index in [1.54, 1.807) is 6.92 Å². The number of thioether (sulfide) groups is 1. The van der Waals surface area contributed by atoms with Crippen LogP contribution in [0.3, 0.4) is 0 Å². The first-order valence-electron chi connectivity index (χ1n) is 7.82. The van der Waals surface area contributed by atoms with Crippen LogP contribution in [0.1, 0.15) is 6.92 Å². The molecule has 2 amide bonds. The Hall–Kier alpha value is -2.33. The lowest BCUT2D eigenvalue weighted by molar-refractivity contribution is -0.138. The maximum Gasteiger partial charge on any atom is 0.337 e. The third kappa shape index (κ3) is 4.25. The first-order chi connectivity index (χ1) is 12.6. The average Bonchev–Trinajstić information content (AvgIpc) is 3.09. The van der Waals surface area contributed by atoms with Crippen molar-refractivity contribution in [3.05, 3.63) is 40.0 Å². The van der Waals surface area contributed by atoms with Gasteiger partial charge in [-0.2, -0.15) is 0 Å². The quantitative estimate of drug-likeness (QED) is 0.472. The third-order valence-electron chi connectivity index (χ3n) is 3.52. The highest BCUT2D eigenvalue weighted by Gasteiger charge is 2.24. The van der Waals surface area contributed by atoms with Crippen LogP contribution in [0.5, 0.6) is 0 Å². The zero-order valence-electron chi connectivity index (χ0n) is 13.8. The lowest BCUT2D eigenvalue weighted by Crippen LogP contribution is -2.44. The number of benzene rings is 1. The molecule has 0 spiro atoms. The van der Waals surface area contributed by atoms with Gasteiger partial charge in [0.25, 0.3) is 0 Å². The molecule has 0 fully saturated rings. The van der Waals surface area contributed by atoms with E-state index >= 15 is 0 Å². The van der Waals surface area contributed by atoms with Crippen LogP contribution in [0.2, 0.25) is 0 Å². The van der Waals surface area contributed by atoms with Gasteiger partial charge in [-0.1, -0.05) is 45.9 Å². The van der Waals surface area contributed by atoms with Gasteiger partial charge < -0.3 is 15.4 Å². The average molecular weight is 438 g/mol. The summed E-state index contributed by atoms with van der Waals surface area (Å²) < 4.78 is 5.94. The van der Waals surface area contributed by atoms with Crippen molar-refractivity contribution >= 4 is 39.7 Å². The van der Waals surface area contributed by atoms with Gasteiger partial charge in [-0.15, -0.1) is 5.10 Å². The predicted molar refractivity (Wildman–Crippen MR) is 100 cm³/mol. The van der Waals surface area contributed by atoms with Crippen LogP contribution in [0.15, 0.2) is 45.2 Å². The number of esters is 1. The van der Waals surface area contributed by atoms with Crippen molar-refractivity contribution in [1.29, 1.82) is 0 Å². The SMILES string of the molecule is CCOC(=O)C1=C(CSc2n[nH]c(-c3ccccc3Br)n2)NC(=O)NC1. The molecule has 0 atom stereocenters. The highest BCUT2D eigenvalue weighted by molar-refractivity contribution is 9.10. The van der Waals surface area contributed by atoms with E-state index in [-0.39, 0.29) is 19.2 Å². The summed E-state index contributed by atoms with van der Waals surface area (Å²) in [7, 11) is 0. The Balaban J connectivity index is 1.74. The predicted octanol–water partition coefficient (Wildman–Crippen LogP) is 2.46. The lowest BCUT2D eigenvalue weighted by Gasteiger charge is -2.20. The van der Waals surface area contributed by atoms with Gasteiger partial charge in [0.1, 0.15) is 0 Å². The largest absolute Gasteiger partial charge is 0.463 e. The number of H-pyrrole nitrogens is 1. The number of carbonyl (C=O) groups is 2. The minimum Gasteiger partial charge on any atom is -0.463 e. The van der Waals surface area contributed by atoms with E-state index in [4.69, 9.17) is 4.74 Å². The van der Waals surface area contributed by atoms with Gasteiger partial charge in [0.15, 0.2) is 5.82 Å². The number of aromatic nitrogens is 3. The Bertz CT molecular complexity index is 867. The van der Waals surface area contributed by atoms with Crippen molar-refractivity contribution in [3.63, 3.8) is 0 Å². The normalized spacial score (nSPS) is 14.0. The maximum atomic E-state index is 12.0. The summed E-state index contributed by atoms with van der Waals surface area (Å²) in [5.41, 5.74) is 1.80. The summed E-state index contributed by atoms with van der Waals surface area (Å²) in [6.07, 6.45) is 0. The van der Waals surface area contributed by atoms with Crippen molar-refractivity contribution in [3.8, 4) is 11.4 Å². The summed E-state index contributed by atoms with van der Waals surface area (Å²) in [4.78, 5) is 28.1. The summed E-state index contributed by atoms with van der Waals surface area (Å²) in [6, 6.07) is 7.33. The summed E-state index contributed by atoms with van der Waals surface area (Å²) in [5, 5.41) is 12.8. The number of carbonyl (C=O) groups excluding carboxylic acids is 2. The number of nitrogens with one attached hydrogen (secondary N) is 3. The molecule has 0 saturated carbocycles. The van der Waals surface area contributed by atoms with Gasteiger partial charge in [-0.3, -0.25) is 5.10 Å². The van der Waals surface area contributed by atoms with Gasteiger partial charge in [0, 0.05) is 21.5 Å². The number of aromatic amines is 1. The number of urea groups is 1. The van der Waals surface area contributed by atoms with Crippen LogP contribution < -0.4 is 10.6 Å².